The van der Waals surface area contributed by atoms with Crippen molar-refractivity contribution in [2.75, 3.05) is 31.1 Å². The predicted octanol–water partition coefficient (Wildman–Crippen LogP) is 3.70. The number of hydrogen-bond acceptors (Lipinski definition) is 5. The lowest BCUT2D eigenvalue weighted by atomic mass is 10.2. The number of pyridine rings is 1. The molecule has 0 unspecified atom stereocenters. The molecule has 0 atom stereocenters. The molecule has 1 aliphatic heterocycles. The second-order valence-electron chi connectivity index (χ2n) is 6.44. The minimum Gasteiger partial charge on any atom is -0.356 e. The van der Waals surface area contributed by atoms with E-state index >= 15 is 0 Å². The van der Waals surface area contributed by atoms with Crippen LogP contribution in [0.3, 0.4) is 0 Å². The standard InChI is InChI=1S/C18H16F4N4O/c19-13-2-3-14-15(24-27-16(14)9-13)11-25-5-7-26(8-6-25)17-4-1-12(10-23-17)18(20,21)22/h1-4,9-10H,5-8,11H2. The van der Waals surface area contributed by atoms with Crippen LogP contribution < -0.4 is 4.90 Å². The number of piperazine rings is 1. The highest BCUT2D eigenvalue weighted by Crippen LogP contribution is 2.29. The van der Waals surface area contributed by atoms with Crippen molar-refractivity contribution in [3.63, 3.8) is 0 Å². The van der Waals surface area contributed by atoms with Crippen LogP contribution in [-0.4, -0.2) is 41.2 Å². The third-order valence-corrected chi connectivity index (χ3v) is 4.65. The van der Waals surface area contributed by atoms with E-state index in [1.165, 1.54) is 18.2 Å². The number of halogens is 4. The molecule has 27 heavy (non-hydrogen) atoms. The van der Waals surface area contributed by atoms with Crippen LogP contribution in [0.4, 0.5) is 23.4 Å². The number of hydrogen-bond donors (Lipinski definition) is 0. The van der Waals surface area contributed by atoms with Crippen molar-refractivity contribution in [2.45, 2.75) is 12.7 Å². The summed E-state index contributed by atoms with van der Waals surface area (Å²) in [5.74, 6) is 0.160. The molecule has 1 aliphatic rings. The van der Waals surface area contributed by atoms with Crippen molar-refractivity contribution in [2.24, 2.45) is 0 Å². The summed E-state index contributed by atoms with van der Waals surface area (Å²) in [5.41, 5.74) is 0.405. The van der Waals surface area contributed by atoms with Crippen molar-refractivity contribution in [3.05, 3.63) is 53.6 Å². The summed E-state index contributed by atoms with van der Waals surface area (Å²) in [6.45, 7) is 3.26. The maximum atomic E-state index is 13.2. The maximum Gasteiger partial charge on any atom is 0.417 e. The lowest BCUT2D eigenvalue weighted by Crippen LogP contribution is -2.46. The third kappa shape index (κ3) is 3.73. The second-order valence-corrected chi connectivity index (χ2v) is 6.44. The Morgan fingerprint density at radius 2 is 1.81 bits per heavy atom. The molecule has 5 nitrogen and oxygen atoms in total. The van der Waals surface area contributed by atoms with Crippen molar-refractivity contribution in [1.82, 2.24) is 15.0 Å². The summed E-state index contributed by atoms with van der Waals surface area (Å²) in [6.07, 6.45) is -3.52. The normalized spacial score (nSPS) is 16.2. The second kappa shape index (κ2) is 6.80. The fourth-order valence-electron chi connectivity index (χ4n) is 3.17. The van der Waals surface area contributed by atoms with E-state index in [2.05, 4.69) is 15.0 Å². The van der Waals surface area contributed by atoms with E-state index in [-0.39, 0.29) is 5.82 Å². The predicted molar refractivity (Wildman–Crippen MR) is 90.7 cm³/mol. The summed E-state index contributed by atoms with van der Waals surface area (Å²) in [7, 11) is 0. The molecule has 3 heterocycles. The molecule has 1 saturated heterocycles. The van der Waals surface area contributed by atoms with Gasteiger partial charge in [0.25, 0.3) is 0 Å². The van der Waals surface area contributed by atoms with Gasteiger partial charge >= 0.3 is 6.18 Å². The Kier molecular flexibility index (Phi) is 4.47. The van der Waals surface area contributed by atoms with Crippen LogP contribution >= 0.6 is 0 Å². The quantitative estimate of drug-likeness (QED) is 0.649. The smallest absolute Gasteiger partial charge is 0.356 e. The minimum atomic E-state index is -4.38. The van der Waals surface area contributed by atoms with E-state index in [1.807, 2.05) is 4.90 Å². The minimum absolute atomic E-state index is 0.372. The fourth-order valence-corrected chi connectivity index (χ4v) is 3.17. The summed E-state index contributed by atoms with van der Waals surface area (Å²) >= 11 is 0. The van der Waals surface area contributed by atoms with Crippen LogP contribution in [0.5, 0.6) is 0 Å². The van der Waals surface area contributed by atoms with Crippen molar-refractivity contribution in [3.8, 4) is 0 Å². The lowest BCUT2D eigenvalue weighted by Gasteiger charge is -2.35. The zero-order chi connectivity index (χ0) is 19.0. The molecule has 2 aromatic heterocycles. The largest absolute Gasteiger partial charge is 0.417 e. The lowest BCUT2D eigenvalue weighted by molar-refractivity contribution is -0.137. The molecule has 0 bridgehead atoms. The van der Waals surface area contributed by atoms with Gasteiger partial charge in [0.05, 0.1) is 5.56 Å². The van der Waals surface area contributed by atoms with Gasteiger partial charge in [-0.15, -0.1) is 0 Å². The number of fused-ring (bicyclic) bond motifs is 1. The van der Waals surface area contributed by atoms with E-state index in [0.29, 0.717) is 44.1 Å². The van der Waals surface area contributed by atoms with Crippen LogP contribution in [0.1, 0.15) is 11.3 Å². The Morgan fingerprint density at radius 1 is 1.04 bits per heavy atom. The summed E-state index contributed by atoms with van der Waals surface area (Å²) in [4.78, 5) is 8.06. The van der Waals surface area contributed by atoms with E-state index in [0.717, 1.165) is 23.3 Å². The zero-order valence-electron chi connectivity index (χ0n) is 14.2. The summed E-state index contributed by atoms with van der Waals surface area (Å²) < 4.78 is 56.3. The Hall–Kier alpha value is -2.68. The van der Waals surface area contributed by atoms with Gasteiger partial charge in [-0.25, -0.2) is 9.37 Å². The molecule has 142 valence electrons. The fraction of sp³-hybridized carbons (Fsp3) is 0.333. The van der Waals surface area contributed by atoms with Crippen molar-refractivity contribution >= 4 is 16.8 Å². The van der Waals surface area contributed by atoms with Gasteiger partial charge in [0.1, 0.15) is 17.3 Å². The number of nitrogens with zero attached hydrogens (tertiary/aromatic N) is 4. The maximum absolute atomic E-state index is 13.2. The van der Waals surface area contributed by atoms with Gasteiger partial charge in [-0.3, -0.25) is 4.90 Å². The molecular formula is C18H16F4N4O. The Morgan fingerprint density at radius 3 is 2.48 bits per heavy atom. The van der Waals surface area contributed by atoms with Gasteiger partial charge in [-0.05, 0) is 24.3 Å². The highest BCUT2D eigenvalue weighted by molar-refractivity contribution is 5.79. The highest BCUT2D eigenvalue weighted by Gasteiger charge is 2.31. The molecule has 3 aromatic rings. The Bertz CT molecular complexity index is 931. The van der Waals surface area contributed by atoms with Gasteiger partial charge < -0.3 is 9.42 Å². The molecule has 9 heteroatoms. The SMILES string of the molecule is Fc1ccc2c(CN3CCN(c4ccc(C(F)(F)F)cn4)CC3)noc2c1. The number of benzene rings is 1. The average molecular weight is 380 g/mol. The molecule has 0 saturated carbocycles. The van der Waals surface area contributed by atoms with Crippen molar-refractivity contribution < 1.29 is 22.1 Å². The molecule has 0 N–H and O–H groups in total. The summed E-state index contributed by atoms with van der Waals surface area (Å²) in [6, 6.07) is 6.78. The van der Waals surface area contributed by atoms with E-state index in [4.69, 9.17) is 4.52 Å². The number of alkyl halides is 3. The first kappa shape index (κ1) is 17.7. The third-order valence-electron chi connectivity index (χ3n) is 4.65. The zero-order valence-corrected chi connectivity index (χ0v) is 14.2. The molecule has 4 rings (SSSR count). The van der Waals surface area contributed by atoms with E-state index in [9.17, 15) is 17.6 Å². The molecule has 0 spiro atoms. The Labute approximate surface area is 152 Å². The van der Waals surface area contributed by atoms with Crippen molar-refractivity contribution in [1.29, 1.82) is 0 Å². The first-order valence-corrected chi connectivity index (χ1v) is 8.44. The first-order valence-electron chi connectivity index (χ1n) is 8.44. The van der Waals surface area contributed by atoms with Gasteiger partial charge in [-0.1, -0.05) is 5.16 Å². The topological polar surface area (TPSA) is 45.4 Å². The number of anilines is 1. The molecule has 0 radical (unpaired) electrons. The van der Waals surface area contributed by atoms with Gasteiger partial charge in [0.2, 0.25) is 0 Å². The van der Waals surface area contributed by atoms with E-state index in [1.54, 1.807) is 6.07 Å². The average Bonchev–Trinajstić information content (AvgIpc) is 3.03. The molecular weight excluding hydrogens is 364 g/mol. The van der Waals surface area contributed by atoms with Gasteiger partial charge in [0, 0.05) is 50.4 Å². The van der Waals surface area contributed by atoms with Crippen LogP contribution in [0.2, 0.25) is 0 Å². The van der Waals surface area contributed by atoms with Crippen LogP contribution in [0.15, 0.2) is 41.1 Å². The number of aromatic nitrogens is 2. The summed E-state index contributed by atoms with van der Waals surface area (Å²) in [5, 5.41) is 4.81. The first-order chi connectivity index (χ1) is 12.9. The Balaban J connectivity index is 1.38. The van der Waals surface area contributed by atoms with E-state index < -0.39 is 11.7 Å². The van der Waals surface area contributed by atoms with Crippen LogP contribution in [-0.2, 0) is 12.7 Å². The molecule has 0 amide bonds. The van der Waals surface area contributed by atoms with Crippen LogP contribution in [0.25, 0.3) is 11.0 Å². The molecule has 1 aromatic carbocycles. The van der Waals surface area contributed by atoms with Crippen LogP contribution in [0, 0.1) is 5.82 Å². The molecule has 0 aliphatic carbocycles. The monoisotopic (exact) mass is 380 g/mol. The van der Waals surface area contributed by atoms with Gasteiger partial charge in [-0.2, -0.15) is 13.2 Å². The number of rotatable bonds is 3. The highest BCUT2D eigenvalue weighted by atomic mass is 19.4. The molecule has 1 fully saturated rings. The van der Waals surface area contributed by atoms with Gasteiger partial charge in [0.15, 0.2) is 5.58 Å².